The molecule has 0 saturated carbocycles. The van der Waals surface area contributed by atoms with E-state index in [4.69, 9.17) is 13.1 Å². The second kappa shape index (κ2) is 7.18. The van der Waals surface area contributed by atoms with Crippen LogP contribution >= 0.6 is 11.6 Å². The normalized spacial score (nSPS) is 23.1. The van der Waals surface area contributed by atoms with E-state index in [2.05, 4.69) is 16.9 Å². The highest BCUT2D eigenvalue weighted by Crippen LogP contribution is 2.02. The second-order valence-electron chi connectivity index (χ2n) is 2.69. The number of aliphatic carboxylic acids is 1. The Morgan fingerprint density at radius 2 is 2.38 bits per heavy atom. The average Bonchev–Trinajstić information content (AvgIpc) is 2.12. The highest BCUT2D eigenvalue weighted by molar-refractivity contribution is 6.15. The van der Waals surface area contributed by atoms with Gasteiger partial charge >= 0.3 is 5.97 Å². The molecule has 0 aromatic rings. The number of rotatable bonds is 2. The summed E-state index contributed by atoms with van der Waals surface area (Å²) >= 11 is 4.64. The van der Waals surface area contributed by atoms with E-state index in [-0.39, 0.29) is 12.5 Å². The van der Waals surface area contributed by atoms with Crippen LogP contribution in [0.3, 0.4) is 0 Å². The number of carboxylic acids is 1. The topological polar surface area (TPSA) is 52.6 Å². The molecule has 1 unspecified atom stereocenters. The van der Waals surface area contributed by atoms with Crippen LogP contribution in [0.2, 0.25) is 0 Å². The van der Waals surface area contributed by atoms with Crippen LogP contribution in [0.25, 0.3) is 0 Å². The molecule has 13 heavy (non-hydrogen) atoms. The van der Waals surface area contributed by atoms with Crippen molar-refractivity contribution in [3.63, 3.8) is 0 Å². The minimum atomic E-state index is -0.797. The van der Waals surface area contributed by atoms with Gasteiger partial charge in [-0.15, -0.1) is 11.6 Å². The molecule has 2 radical (unpaired) electrons. The van der Waals surface area contributed by atoms with E-state index in [1.54, 1.807) is 4.81 Å². The highest BCUT2D eigenvalue weighted by Gasteiger charge is 2.19. The zero-order chi connectivity index (χ0) is 10.3. The van der Waals surface area contributed by atoms with Crippen LogP contribution in [0.5, 0.6) is 0 Å². The van der Waals surface area contributed by atoms with E-state index < -0.39 is 5.97 Å². The Morgan fingerprint density at radius 1 is 1.77 bits per heavy atom. The van der Waals surface area contributed by atoms with Gasteiger partial charge in [0, 0.05) is 25.5 Å². The van der Waals surface area contributed by atoms with Gasteiger partial charge in [0.15, 0.2) is 7.98 Å². The molecule has 4 nitrogen and oxygen atoms in total. The molecule has 1 aliphatic heterocycles. The maximum atomic E-state index is 10.3. The molecule has 1 saturated heterocycles. The maximum Gasteiger partial charge on any atom is 0.304 e. The third-order valence-corrected chi connectivity index (χ3v) is 1.81. The fraction of sp³-hybridized carbons (Fsp3) is 0.857. The zero-order valence-corrected chi connectivity index (χ0v) is 8.42. The SMILES string of the molecule is CCl.[B]N1CCNCC1CC(=O)O. The molecule has 6 heteroatoms. The van der Waals surface area contributed by atoms with E-state index in [0.717, 1.165) is 13.1 Å². The lowest BCUT2D eigenvalue weighted by molar-refractivity contribution is -0.138. The summed E-state index contributed by atoms with van der Waals surface area (Å²) in [5.74, 6) is -0.797. The first-order chi connectivity index (χ1) is 6.20. The van der Waals surface area contributed by atoms with Crippen LogP contribution in [-0.2, 0) is 4.79 Å². The molecular weight excluding hydrogens is 190 g/mol. The summed E-state index contributed by atoms with van der Waals surface area (Å²) < 4.78 is 0. The Labute approximate surface area is 84.7 Å². The number of halogens is 1. The zero-order valence-electron chi connectivity index (χ0n) is 7.66. The predicted octanol–water partition coefficient (Wildman–Crippen LogP) is -0.327. The van der Waals surface area contributed by atoms with Gasteiger partial charge in [0.05, 0.1) is 6.42 Å². The predicted molar refractivity (Wildman–Crippen MR) is 53.1 cm³/mol. The lowest BCUT2D eigenvalue weighted by Crippen LogP contribution is -2.50. The van der Waals surface area contributed by atoms with E-state index in [9.17, 15) is 4.79 Å². The lowest BCUT2D eigenvalue weighted by atomic mass is 10.1. The molecule has 0 spiro atoms. The summed E-state index contributed by atoms with van der Waals surface area (Å²) in [7, 11) is 5.56. The number of hydrogen-bond donors (Lipinski definition) is 2. The van der Waals surface area contributed by atoms with Gasteiger partial charge in [-0.2, -0.15) is 0 Å². The monoisotopic (exact) mass is 204 g/mol. The fourth-order valence-corrected chi connectivity index (χ4v) is 1.17. The molecule has 1 heterocycles. The Bertz CT molecular complexity index is 159. The molecule has 1 aliphatic rings. The van der Waals surface area contributed by atoms with Crippen LogP contribution in [-0.4, -0.2) is 55.9 Å². The number of alkyl halides is 1. The van der Waals surface area contributed by atoms with Crippen molar-refractivity contribution >= 4 is 25.6 Å². The number of nitrogens with one attached hydrogen (secondary N) is 1. The summed E-state index contributed by atoms with van der Waals surface area (Å²) in [4.78, 5) is 11.9. The molecule has 0 aliphatic carbocycles. The molecule has 0 aromatic heterocycles. The Kier molecular flexibility index (Phi) is 7.04. The molecule has 1 atom stereocenters. The Morgan fingerprint density at radius 3 is 2.85 bits per heavy atom. The number of hydrogen-bond acceptors (Lipinski definition) is 3. The van der Waals surface area contributed by atoms with Crippen molar-refractivity contribution in [2.45, 2.75) is 12.5 Å². The minimum absolute atomic E-state index is 0.0544. The van der Waals surface area contributed by atoms with E-state index in [0.29, 0.717) is 6.54 Å². The van der Waals surface area contributed by atoms with Crippen LogP contribution in [0, 0.1) is 0 Å². The smallest absolute Gasteiger partial charge is 0.304 e. The first-order valence-electron chi connectivity index (χ1n) is 4.02. The van der Waals surface area contributed by atoms with E-state index >= 15 is 0 Å². The van der Waals surface area contributed by atoms with Crippen molar-refractivity contribution in [2.75, 3.05) is 26.0 Å². The van der Waals surface area contributed by atoms with Crippen molar-refractivity contribution in [3.05, 3.63) is 0 Å². The largest absolute Gasteiger partial charge is 0.481 e. The minimum Gasteiger partial charge on any atom is -0.481 e. The van der Waals surface area contributed by atoms with Gasteiger partial charge in [-0.1, -0.05) is 0 Å². The maximum absolute atomic E-state index is 10.3. The van der Waals surface area contributed by atoms with E-state index in [1.165, 1.54) is 6.38 Å². The summed E-state index contributed by atoms with van der Waals surface area (Å²) in [6, 6.07) is -0.0544. The van der Waals surface area contributed by atoms with Gasteiger partial charge < -0.3 is 15.2 Å². The average molecular weight is 204 g/mol. The fourth-order valence-electron chi connectivity index (χ4n) is 1.17. The molecule has 2 N–H and O–H groups in total. The van der Waals surface area contributed by atoms with Gasteiger partial charge in [0.25, 0.3) is 0 Å². The molecule has 0 bridgehead atoms. The molecular formula is C7H14BClN2O2. The summed E-state index contributed by atoms with van der Waals surface area (Å²) in [5, 5.41) is 11.6. The lowest BCUT2D eigenvalue weighted by Gasteiger charge is -2.32. The number of piperazine rings is 1. The van der Waals surface area contributed by atoms with Gasteiger partial charge in [0.2, 0.25) is 0 Å². The standard InChI is InChI=1S/C6H11BN2O2.CH3Cl/c7-9-2-1-8-4-5(9)3-6(10)11;1-2/h5,8H,1-4H2,(H,10,11);1H3. The molecule has 0 aromatic carbocycles. The van der Waals surface area contributed by atoms with Crippen molar-refractivity contribution in [2.24, 2.45) is 0 Å². The Balaban J connectivity index is 0.000000671. The summed E-state index contributed by atoms with van der Waals surface area (Å²) in [6.07, 6.45) is 1.59. The van der Waals surface area contributed by atoms with Crippen LogP contribution in [0.1, 0.15) is 6.42 Å². The van der Waals surface area contributed by atoms with Gasteiger partial charge in [-0.25, -0.2) is 0 Å². The van der Waals surface area contributed by atoms with Crippen molar-refractivity contribution in [1.29, 1.82) is 0 Å². The van der Waals surface area contributed by atoms with Crippen LogP contribution in [0.15, 0.2) is 0 Å². The third-order valence-electron chi connectivity index (χ3n) is 1.81. The third kappa shape index (κ3) is 5.13. The first-order valence-corrected chi connectivity index (χ1v) is 4.77. The number of carboxylic acid groups (broad SMARTS) is 1. The van der Waals surface area contributed by atoms with Crippen LogP contribution < -0.4 is 5.32 Å². The van der Waals surface area contributed by atoms with Crippen LogP contribution in [0.4, 0.5) is 0 Å². The highest BCUT2D eigenvalue weighted by atomic mass is 35.5. The van der Waals surface area contributed by atoms with Gasteiger partial charge in [-0.3, -0.25) is 4.79 Å². The first kappa shape index (κ1) is 12.7. The Hall–Kier alpha value is -0.255. The molecule has 0 amide bonds. The van der Waals surface area contributed by atoms with Gasteiger partial charge in [-0.05, 0) is 6.54 Å². The van der Waals surface area contributed by atoms with E-state index in [1.807, 2.05) is 0 Å². The quantitative estimate of drug-likeness (QED) is 0.478. The summed E-state index contributed by atoms with van der Waals surface area (Å²) in [5.41, 5.74) is 0. The van der Waals surface area contributed by atoms with Crippen molar-refractivity contribution < 1.29 is 9.90 Å². The molecule has 1 fully saturated rings. The molecule has 74 valence electrons. The van der Waals surface area contributed by atoms with Crippen molar-refractivity contribution in [1.82, 2.24) is 10.1 Å². The number of carbonyl (C=O) groups is 1. The molecule has 1 rings (SSSR count). The van der Waals surface area contributed by atoms with Gasteiger partial charge in [0.1, 0.15) is 0 Å². The second-order valence-corrected chi connectivity index (χ2v) is 2.69. The van der Waals surface area contributed by atoms with Crippen molar-refractivity contribution in [3.8, 4) is 0 Å². The number of nitrogens with zero attached hydrogens (tertiary/aromatic N) is 1. The summed E-state index contributed by atoms with van der Waals surface area (Å²) in [6.45, 7) is 2.23.